The zero-order valence-corrected chi connectivity index (χ0v) is 16.8. The van der Waals surface area contributed by atoms with Gasteiger partial charge in [0.25, 0.3) is 5.91 Å². The molecule has 2 aromatic carbocycles. The Labute approximate surface area is 171 Å². The molecule has 0 aliphatic heterocycles. The first-order chi connectivity index (χ1) is 14.2. The van der Waals surface area contributed by atoms with Crippen molar-refractivity contribution in [3.8, 4) is 0 Å². The van der Waals surface area contributed by atoms with Crippen molar-refractivity contribution >= 4 is 22.7 Å². The molecular weight excluding hydrogens is 362 g/mol. The fourth-order valence-corrected chi connectivity index (χ4v) is 3.82. The first kappa shape index (κ1) is 19.2. The van der Waals surface area contributed by atoms with Crippen molar-refractivity contribution in [2.24, 2.45) is 0 Å². The zero-order valence-electron chi connectivity index (χ0n) is 16.8. The highest BCUT2D eigenvalue weighted by atomic mass is 16.2. The van der Waals surface area contributed by atoms with Crippen LogP contribution >= 0.6 is 0 Å². The molecule has 1 saturated carbocycles. The van der Waals surface area contributed by atoms with E-state index in [0.717, 1.165) is 36.8 Å². The standard InChI is InChI=1S/C24H27N3O2/c1-25-24(29)18-11-9-17(10-12-18)16-27(20-13-14-20)23(28)8-4-5-19-15-26-22-7-3-2-6-21(19)22/h2-3,6-7,9-12,15,20,26H,4-5,8,13-14,16H2,1H3,(H,25,29). The van der Waals surface area contributed by atoms with Crippen LogP contribution in [0.2, 0.25) is 0 Å². The Morgan fingerprint density at radius 3 is 2.59 bits per heavy atom. The lowest BCUT2D eigenvalue weighted by molar-refractivity contribution is -0.132. The number of carbonyl (C=O) groups excluding carboxylic acids is 2. The van der Waals surface area contributed by atoms with Crippen molar-refractivity contribution in [3.63, 3.8) is 0 Å². The molecule has 5 heteroatoms. The van der Waals surface area contributed by atoms with Crippen molar-refractivity contribution in [2.75, 3.05) is 7.05 Å². The van der Waals surface area contributed by atoms with E-state index in [2.05, 4.69) is 34.7 Å². The van der Waals surface area contributed by atoms with Crippen LogP contribution in [0.4, 0.5) is 0 Å². The highest BCUT2D eigenvalue weighted by Crippen LogP contribution is 2.29. The molecule has 0 bridgehead atoms. The Morgan fingerprint density at radius 2 is 1.86 bits per heavy atom. The van der Waals surface area contributed by atoms with Crippen LogP contribution in [0.25, 0.3) is 10.9 Å². The summed E-state index contributed by atoms with van der Waals surface area (Å²) in [5.74, 6) is 0.131. The summed E-state index contributed by atoms with van der Waals surface area (Å²) in [6.45, 7) is 0.616. The van der Waals surface area contributed by atoms with Gasteiger partial charge in [-0.1, -0.05) is 30.3 Å². The number of para-hydroxylation sites is 1. The molecule has 3 aromatic rings. The smallest absolute Gasteiger partial charge is 0.251 e. The van der Waals surface area contributed by atoms with Gasteiger partial charge in [0.2, 0.25) is 5.91 Å². The van der Waals surface area contributed by atoms with Gasteiger partial charge in [0.1, 0.15) is 0 Å². The predicted molar refractivity (Wildman–Crippen MR) is 115 cm³/mol. The normalized spacial score (nSPS) is 13.4. The number of amides is 2. The number of rotatable bonds is 8. The molecule has 1 aliphatic carbocycles. The number of hydrogen-bond donors (Lipinski definition) is 2. The molecule has 1 aliphatic rings. The molecule has 1 heterocycles. The number of aromatic nitrogens is 1. The first-order valence-corrected chi connectivity index (χ1v) is 10.3. The van der Waals surface area contributed by atoms with Crippen LogP contribution in [-0.2, 0) is 17.8 Å². The van der Waals surface area contributed by atoms with Gasteiger partial charge in [0.05, 0.1) is 0 Å². The van der Waals surface area contributed by atoms with Gasteiger partial charge in [-0.3, -0.25) is 9.59 Å². The van der Waals surface area contributed by atoms with Gasteiger partial charge in [0.15, 0.2) is 0 Å². The number of carbonyl (C=O) groups is 2. The van der Waals surface area contributed by atoms with Gasteiger partial charge in [0, 0.05) is 48.7 Å². The predicted octanol–water partition coefficient (Wildman–Crippen LogP) is 4.04. The van der Waals surface area contributed by atoms with Crippen molar-refractivity contribution in [3.05, 3.63) is 71.4 Å². The van der Waals surface area contributed by atoms with Crippen LogP contribution in [-0.4, -0.2) is 34.8 Å². The van der Waals surface area contributed by atoms with Crippen LogP contribution in [0.1, 0.15) is 47.2 Å². The Balaban J connectivity index is 1.35. The lowest BCUT2D eigenvalue weighted by atomic mass is 10.1. The molecule has 2 N–H and O–H groups in total. The third-order valence-corrected chi connectivity index (χ3v) is 5.62. The summed E-state index contributed by atoms with van der Waals surface area (Å²) in [5.41, 5.74) is 4.12. The van der Waals surface area contributed by atoms with E-state index in [1.54, 1.807) is 7.05 Å². The number of H-pyrrole nitrogens is 1. The van der Waals surface area contributed by atoms with Crippen molar-refractivity contribution in [1.29, 1.82) is 0 Å². The number of nitrogens with zero attached hydrogens (tertiary/aromatic N) is 1. The molecule has 4 rings (SSSR count). The summed E-state index contributed by atoms with van der Waals surface area (Å²) in [6, 6.07) is 16.2. The SMILES string of the molecule is CNC(=O)c1ccc(CN(C(=O)CCCc2c[nH]c3ccccc23)C2CC2)cc1. The number of fused-ring (bicyclic) bond motifs is 1. The van der Waals surface area contributed by atoms with E-state index in [1.165, 1.54) is 10.9 Å². The van der Waals surface area contributed by atoms with Crippen molar-refractivity contribution < 1.29 is 9.59 Å². The monoisotopic (exact) mass is 389 g/mol. The van der Waals surface area contributed by atoms with E-state index >= 15 is 0 Å². The first-order valence-electron chi connectivity index (χ1n) is 10.3. The van der Waals surface area contributed by atoms with Gasteiger partial charge < -0.3 is 15.2 Å². The number of benzene rings is 2. The lowest BCUT2D eigenvalue weighted by Crippen LogP contribution is -2.32. The van der Waals surface area contributed by atoms with E-state index < -0.39 is 0 Å². The largest absolute Gasteiger partial charge is 0.361 e. The quantitative estimate of drug-likeness (QED) is 0.611. The molecule has 0 atom stereocenters. The van der Waals surface area contributed by atoms with Crippen LogP contribution in [0.15, 0.2) is 54.7 Å². The summed E-state index contributed by atoms with van der Waals surface area (Å²) in [5, 5.41) is 3.87. The summed E-state index contributed by atoms with van der Waals surface area (Å²) in [6.07, 6.45) is 6.54. The molecule has 1 fully saturated rings. The molecule has 150 valence electrons. The van der Waals surface area contributed by atoms with Crippen LogP contribution in [0.5, 0.6) is 0 Å². The van der Waals surface area contributed by atoms with Gasteiger partial charge in [-0.25, -0.2) is 0 Å². The Morgan fingerprint density at radius 1 is 1.10 bits per heavy atom. The second-order valence-corrected chi connectivity index (χ2v) is 7.74. The molecule has 5 nitrogen and oxygen atoms in total. The maximum absolute atomic E-state index is 12.9. The minimum absolute atomic E-state index is 0.0936. The van der Waals surface area contributed by atoms with Gasteiger partial charge in [-0.05, 0) is 55.0 Å². The number of aryl methyl sites for hydroxylation is 1. The summed E-state index contributed by atoms with van der Waals surface area (Å²) in [4.78, 5) is 29.9. The number of nitrogens with one attached hydrogen (secondary N) is 2. The Hall–Kier alpha value is -3.08. The average molecular weight is 389 g/mol. The second-order valence-electron chi connectivity index (χ2n) is 7.74. The Bertz CT molecular complexity index is 1000. The molecule has 0 unspecified atom stereocenters. The van der Waals surface area contributed by atoms with E-state index in [4.69, 9.17) is 0 Å². The number of aromatic amines is 1. The van der Waals surface area contributed by atoms with E-state index in [-0.39, 0.29) is 11.8 Å². The Kier molecular flexibility index (Phi) is 5.65. The van der Waals surface area contributed by atoms with Crippen LogP contribution < -0.4 is 5.32 Å². The highest BCUT2D eigenvalue weighted by molar-refractivity contribution is 5.94. The van der Waals surface area contributed by atoms with E-state index in [0.29, 0.717) is 24.6 Å². The maximum atomic E-state index is 12.9. The van der Waals surface area contributed by atoms with Gasteiger partial charge in [-0.2, -0.15) is 0 Å². The molecule has 29 heavy (non-hydrogen) atoms. The van der Waals surface area contributed by atoms with Crippen molar-refractivity contribution in [2.45, 2.75) is 44.7 Å². The third-order valence-electron chi connectivity index (χ3n) is 5.62. The van der Waals surface area contributed by atoms with E-state index in [1.807, 2.05) is 35.2 Å². The van der Waals surface area contributed by atoms with Crippen molar-refractivity contribution in [1.82, 2.24) is 15.2 Å². The topological polar surface area (TPSA) is 65.2 Å². The molecule has 1 aromatic heterocycles. The molecule has 0 spiro atoms. The summed E-state index contributed by atoms with van der Waals surface area (Å²) >= 11 is 0. The third kappa shape index (κ3) is 4.50. The van der Waals surface area contributed by atoms with Crippen LogP contribution in [0, 0.1) is 0 Å². The molecule has 2 amide bonds. The summed E-state index contributed by atoms with van der Waals surface area (Å²) < 4.78 is 0. The molecule has 0 radical (unpaired) electrons. The van der Waals surface area contributed by atoms with Crippen LogP contribution in [0.3, 0.4) is 0 Å². The second kappa shape index (κ2) is 8.52. The van der Waals surface area contributed by atoms with E-state index in [9.17, 15) is 9.59 Å². The fraction of sp³-hybridized carbons (Fsp3) is 0.333. The minimum Gasteiger partial charge on any atom is -0.361 e. The molecule has 0 saturated heterocycles. The van der Waals surface area contributed by atoms with Gasteiger partial charge in [-0.15, -0.1) is 0 Å². The minimum atomic E-state index is -0.0936. The lowest BCUT2D eigenvalue weighted by Gasteiger charge is -2.23. The highest BCUT2D eigenvalue weighted by Gasteiger charge is 2.32. The fourth-order valence-electron chi connectivity index (χ4n) is 3.82. The average Bonchev–Trinajstić information content (AvgIpc) is 3.52. The molecular formula is C24H27N3O2. The summed E-state index contributed by atoms with van der Waals surface area (Å²) in [7, 11) is 1.63. The maximum Gasteiger partial charge on any atom is 0.251 e. The van der Waals surface area contributed by atoms with Gasteiger partial charge >= 0.3 is 0 Å². The zero-order chi connectivity index (χ0) is 20.2. The number of hydrogen-bond acceptors (Lipinski definition) is 2.